The van der Waals surface area contributed by atoms with Crippen molar-refractivity contribution in [3.05, 3.63) is 11.6 Å². The van der Waals surface area contributed by atoms with Crippen LogP contribution in [0.2, 0.25) is 0 Å². The molecular weight excluding hydrogens is 760 g/mol. The zero-order chi connectivity index (χ0) is 45.4. The zero-order valence-electron chi connectivity index (χ0n) is 36.9. The van der Waals surface area contributed by atoms with E-state index < -0.39 is 131 Å². The van der Waals surface area contributed by atoms with Crippen LogP contribution >= 0.6 is 0 Å². The predicted molar refractivity (Wildman–Crippen MR) is 199 cm³/mol. The second kappa shape index (κ2) is 14.3. The molecule has 0 spiro atoms. The number of allylic oxidation sites excluding steroid dienone is 2. The summed E-state index contributed by atoms with van der Waals surface area (Å²) in [4.78, 5) is 51.6. The van der Waals surface area contributed by atoms with Gasteiger partial charge in [-0.2, -0.15) is 0 Å². The van der Waals surface area contributed by atoms with E-state index in [1.807, 2.05) is 6.92 Å². The Morgan fingerprint density at radius 2 is 1.34 bits per heavy atom. The van der Waals surface area contributed by atoms with Crippen molar-refractivity contribution in [3.8, 4) is 0 Å². The van der Waals surface area contributed by atoms with Gasteiger partial charge >= 0.3 is 17.9 Å². The summed E-state index contributed by atoms with van der Waals surface area (Å²) in [7, 11) is 0. The molecule has 0 aromatic carbocycles. The Bertz CT molecular complexity index is 1840. The molecule has 2 aliphatic heterocycles. The van der Waals surface area contributed by atoms with E-state index in [2.05, 4.69) is 20.8 Å². The lowest BCUT2D eigenvalue weighted by molar-refractivity contribution is -0.371. The van der Waals surface area contributed by atoms with Crippen molar-refractivity contribution >= 4 is 23.7 Å². The highest BCUT2D eigenvalue weighted by atomic mass is 16.8. The fourth-order valence-electron chi connectivity index (χ4n) is 13.0. The second-order valence-corrected chi connectivity index (χ2v) is 20.1. The minimum absolute atomic E-state index is 0.00418. The van der Waals surface area contributed by atoms with Gasteiger partial charge in [-0.3, -0.25) is 9.59 Å². The van der Waals surface area contributed by atoms with E-state index in [4.69, 9.17) is 23.1 Å². The molecular formula is C42H62O16. The highest BCUT2D eigenvalue weighted by molar-refractivity contribution is 5.95. The lowest BCUT2D eigenvalue weighted by Crippen LogP contribution is -2.68. The summed E-state index contributed by atoms with van der Waals surface area (Å²) < 4.78 is 50.2. The summed E-state index contributed by atoms with van der Waals surface area (Å²) in [6.45, 7) is 9.03. The number of carbonyl (C=O) groups excluding carboxylic acids is 1. The van der Waals surface area contributed by atoms with E-state index in [-0.39, 0.29) is 30.0 Å². The van der Waals surface area contributed by atoms with Gasteiger partial charge in [-0.1, -0.05) is 47.0 Å². The van der Waals surface area contributed by atoms with Gasteiger partial charge in [-0.05, 0) is 110 Å². The molecule has 16 heteroatoms. The maximum Gasteiger partial charge on any atom is 0.335 e. The maximum atomic E-state index is 14.9. The quantitative estimate of drug-likeness (QED) is 0.171. The summed E-state index contributed by atoms with van der Waals surface area (Å²) in [5, 5.41) is 83.2. The second-order valence-electron chi connectivity index (χ2n) is 20.1. The Morgan fingerprint density at radius 1 is 0.741 bits per heavy atom. The van der Waals surface area contributed by atoms with Crippen molar-refractivity contribution in [1.29, 1.82) is 0 Å². The zero-order valence-corrected chi connectivity index (χ0v) is 33.9. The summed E-state index contributed by atoms with van der Waals surface area (Å²) in [6, 6.07) is 0. The van der Waals surface area contributed by atoms with E-state index in [1.165, 1.54) is 6.92 Å². The smallest absolute Gasteiger partial charge is 0.335 e. The van der Waals surface area contributed by atoms with Gasteiger partial charge in [-0.25, -0.2) is 9.59 Å². The molecule has 7 rings (SSSR count). The number of carboxylic acid groups (broad SMARTS) is 3. The minimum Gasteiger partial charge on any atom is -0.481 e. The van der Waals surface area contributed by atoms with Gasteiger partial charge in [0.25, 0.3) is 0 Å². The van der Waals surface area contributed by atoms with Crippen LogP contribution in [0.3, 0.4) is 0 Å². The predicted octanol–water partition coefficient (Wildman–Crippen LogP) is 2.25. The number of aliphatic hydroxyl groups excluding tert-OH is 5. The molecule has 2 saturated heterocycles. The Morgan fingerprint density at radius 3 is 1.95 bits per heavy atom. The van der Waals surface area contributed by atoms with E-state index >= 15 is 0 Å². The molecule has 2 heterocycles. The fraction of sp³-hybridized carbons (Fsp3) is 0.857. The number of aliphatic hydroxyl groups is 5. The first-order chi connectivity index (χ1) is 28.0. The average molecular weight is 826 g/mol. The third-order valence-corrected chi connectivity index (χ3v) is 16.9. The number of hydrogen-bond donors (Lipinski definition) is 8. The molecule has 0 bridgehead atoms. The monoisotopic (exact) mass is 825 g/mol. The van der Waals surface area contributed by atoms with Crippen molar-refractivity contribution in [2.24, 2.45) is 50.2 Å². The van der Waals surface area contributed by atoms with Gasteiger partial charge in [0.15, 0.2) is 30.6 Å². The molecule has 8 N–H and O–H groups in total. The van der Waals surface area contributed by atoms with Gasteiger partial charge in [0.1, 0.15) is 36.6 Å². The molecule has 0 aromatic rings. The summed E-state index contributed by atoms with van der Waals surface area (Å²) in [6.07, 6.45) is -16.0. The number of ether oxygens (including phenoxy) is 4. The first-order valence-electron chi connectivity index (χ1n) is 22.0. The number of carboxylic acids is 3. The first kappa shape index (κ1) is 39.6. The van der Waals surface area contributed by atoms with Crippen molar-refractivity contribution < 1.29 is 83.1 Å². The number of fused-ring (bicyclic) bond motifs is 7. The molecule has 4 saturated carbocycles. The first-order valence-corrected chi connectivity index (χ1v) is 20.5. The largest absolute Gasteiger partial charge is 0.481 e. The molecule has 7 aliphatic rings. The molecule has 20 atom stereocenters. The Kier molecular flexibility index (Phi) is 9.74. The highest BCUT2D eigenvalue weighted by Gasteiger charge is 2.71. The average Bonchev–Trinajstić information content (AvgIpc) is 3.16. The molecule has 4 unspecified atom stereocenters. The Balaban J connectivity index is 1.23. The number of aliphatic carboxylic acids is 3. The van der Waals surface area contributed by atoms with Crippen LogP contribution in [0.5, 0.6) is 0 Å². The van der Waals surface area contributed by atoms with E-state index in [1.54, 1.807) is 13.0 Å². The van der Waals surface area contributed by atoms with E-state index in [0.29, 0.717) is 25.7 Å². The maximum absolute atomic E-state index is 14.9. The van der Waals surface area contributed by atoms with Gasteiger partial charge in [0, 0.05) is 10.0 Å². The normalized spacial score (nSPS) is 55.2. The van der Waals surface area contributed by atoms with Gasteiger partial charge in [-0.15, -0.1) is 0 Å². The number of carbonyl (C=O) groups is 4. The lowest BCUT2D eigenvalue weighted by Gasteiger charge is -2.70. The molecule has 326 valence electrons. The molecule has 0 aromatic heterocycles. The number of rotatable bonds is 7. The summed E-state index contributed by atoms with van der Waals surface area (Å²) in [5.41, 5.74) is -3.91. The Hall–Kier alpha value is -2.54. The molecule has 6 fully saturated rings. The van der Waals surface area contributed by atoms with Gasteiger partial charge in [0.2, 0.25) is 0 Å². The molecule has 0 radical (unpaired) electrons. The van der Waals surface area contributed by atoms with Crippen LogP contribution < -0.4 is 0 Å². The summed E-state index contributed by atoms with van der Waals surface area (Å²) >= 11 is 0. The number of ketones is 1. The standard InChI is InChI=1S/C42H62O16/c1-37(2)21-8-11-42(7)31(20(43)16-18-19-17-39(4,36(53)54)13-12-38(19,3)14-15-41(18,42)6)40(21,5)10-9-22(37)55-35-30(26(47)25(46)29(57-35)33(51)52)58-34-27(48)23(44)24(45)28(56-34)32(49)50/h16,19,21-31,34-35,44-48H,8-15,17H2,1-7H3,(H,49,50)(H,51,52)(H,53,54)/t19-,21?,22-,23-,24-,25-,26-,27+,28-,29-,30+,31?,34?,35+,38+,39-,40-,41+,42+/m0/s1/i1D3/t19-,21?,22-,23-,24-,25-,26-,27+,28-,29-,30+,31?,34?,35+,37?,38+,39-,40-,41+,42+. The van der Waals surface area contributed by atoms with Crippen LogP contribution in [0.4, 0.5) is 0 Å². The topological polar surface area (TPSA) is 267 Å². The van der Waals surface area contributed by atoms with Crippen molar-refractivity contribution in [2.75, 3.05) is 0 Å². The highest BCUT2D eigenvalue weighted by Crippen LogP contribution is 2.75. The van der Waals surface area contributed by atoms with Crippen LogP contribution in [0.15, 0.2) is 11.6 Å². The van der Waals surface area contributed by atoms with E-state index in [9.17, 15) is 60.0 Å². The number of hydrogen-bond acceptors (Lipinski definition) is 13. The van der Waals surface area contributed by atoms with E-state index in [0.717, 1.165) is 24.8 Å². The SMILES string of the molecule is [2H]C([2H])([2H])C1(C)C2CC[C@]3(C)C(C(=O)C=C4[C@@H]5C[C@@](C)(C(=O)O)CC[C@]5(C)CC[C@]43C)[C@@]2(C)CC[C@@H]1O[C@@H]1O[C@H](C(=O)O)[C@@H](O)[C@H](O)[C@H]1OC1O[C@H](C(=O)O)[C@@H](O)[C@H](O)[C@H]1O. The fourth-order valence-corrected chi connectivity index (χ4v) is 13.0. The van der Waals surface area contributed by atoms with Crippen LogP contribution in [0.25, 0.3) is 0 Å². The minimum atomic E-state index is -2.77. The van der Waals surface area contributed by atoms with Crippen LogP contribution in [-0.2, 0) is 38.1 Å². The Labute approximate surface area is 342 Å². The van der Waals surface area contributed by atoms with Crippen molar-refractivity contribution in [2.45, 2.75) is 174 Å². The van der Waals surface area contributed by atoms with Crippen LogP contribution in [0.1, 0.15) is 110 Å². The van der Waals surface area contributed by atoms with Crippen molar-refractivity contribution in [3.63, 3.8) is 0 Å². The van der Waals surface area contributed by atoms with Crippen LogP contribution in [-0.4, -0.2) is 132 Å². The molecule has 0 amide bonds. The van der Waals surface area contributed by atoms with Crippen LogP contribution in [0, 0.1) is 50.2 Å². The third-order valence-electron chi connectivity index (χ3n) is 16.9. The molecule has 5 aliphatic carbocycles. The summed E-state index contributed by atoms with van der Waals surface area (Å²) in [5.74, 6) is -5.86. The molecule has 58 heavy (non-hydrogen) atoms. The lowest BCUT2D eigenvalue weighted by atomic mass is 9.33. The third kappa shape index (κ3) is 6.25. The van der Waals surface area contributed by atoms with Gasteiger partial charge in [0.05, 0.1) is 11.5 Å². The van der Waals surface area contributed by atoms with Gasteiger partial charge < -0.3 is 59.8 Å². The van der Waals surface area contributed by atoms with Crippen molar-refractivity contribution in [1.82, 2.24) is 0 Å². The molecule has 16 nitrogen and oxygen atoms in total.